The summed E-state index contributed by atoms with van der Waals surface area (Å²) in [6, 6.07) is 29.5. The number of rotatable bonds is 9. The number of carbonyl (C=O) groups excluding carboxylic acids is 1. The summed E-state index contributed by atoms with van der Waals surface area (Å²) in [6.07, 6.45) is -10.5. The first-order valence-electron chi connectivity index (χ1n) is 12.9. The molecule has 0 bridgehead atoms. The van der Waals surface area contributed by atoms with Crippen LogP contribution in [0.3, 0.4) is 0 Å². The number of ether oxygens (including phenoxy) is 3. The van der Waals surface area contributed by atoms with Crippen molar-refractivity contribution < 1.29 is 65.6 Å². The predicted molar refractivity (Wildman–Crippen MR) is 156 cm³/mol. The van der Waals surface area contributed by atoms with Gasteiger partial charge in [-0.15, -0.1) is 0 Å². The van der Waals surface area contributed by atoms with Crippen molar-refractivity contribution in [2.45, 2.75) is 12.4 Å². The van der Waals surface area contributed by atoms with Crippen LogP contribution in [-0.4, -0.2) is 5.52 Å². The monoisotopic (exact) mass is 634 g/mol. The number of halogens is 6. The van der Waals surface area contributed by atoms with Crippen LogP contribution in [0.2, 0.25) is 0 Å². The van der Waals surface area contributed by atoms with Gasteiger partial charge in [0.1, 0.15) is 34.5 Å². The molecule has 0 fully saturated rings. The summed E-state index contributed by atoms with van der Waals surface area (Å²) in [5.74, 6) is 1.09. The minimum atomic E-state index is -5.23. The average Bonchev–Trinajstić information content (AvgIpc) is 2.99. The third-order valence-electron chi connectivity index (χ3n) is 6.10. The molecule has 0 heterocycles. The molecule has 226 valence electrons. The van der Waals surface area contributed by atoms with Gasteiger partial charge in [-0.25, -0.2) is 0 Å². The Balaban J connectivity index is 0.00000288. The maximum Gasteiger partial charge on any atom is 1.00 e. The zero-order valence-corrected chi connectivity index (χ0v) is 24.4. The van der Waals surface area contributed by atoms with Gasteiger partial charge in [0, 0.05) is 17.7 Å². The topological polar surface area (TPSA) is 44.8 Å². The SMILES string of the molecule is O=C(Pc1c(Oc2ccccc2)cc(Oc2ccccc2)cc1Oc1ccccc1)c1c(C(F)(F)F)cccc1C(F)(F)F.[H-].[Li+]. The van der Waals surface area contributed by atoms with Gasteiger partial charge in [-0.2, -0.15) is 26.3 Å². The van der Waals surface area contributed by atoms with Crippen LogP contribution < -0.4 is 38.4 Å². The van der Waals surface area contributed by atoms with Crippen molar-refractivity contribution >= 4 is 19.4 Å². The normalized spacial score (nSPS) is 11.6. The molecule has 1 atom stereocenters. The average molecular weight is 634 g/mol. The minimum Gasteiger partial charge on any atom is -1.00 e. The molecule has 0 aliphatic carbocycles. The molecular formula is C33H22F6LiO4P. The van der Waals surface area contributed by atoms with Crippen LogP contribution in [0.5, 0.6) is 34.5 Å². The Bertz CT molecular complexity index is 1660. The van der Waals surface area contributed by atoms with Gasteiger partial charge in [0.05, 0.1) is 16.4 Å². The summed E-state index contributed by atoms with van der Waals surface area (Å²) in [7, 11) is -1.27. The van der Waals surface area contributed by atoms with E-state index in [1.807, 2.05) is 0 Å². The molecule has 0 aliphatic rings. The van der Waals surface area contributed by atoms with Gasteiger partial charge in [0.2, 0.25) is 0 Å². The van der Waals surface area contributed by atoms with E-state index in [2.05, 4.69) is 0 Å². The van der Waals surface area contributed by atoms with Crippen molar-refractivity contribution in [3.05, 3.63) is 138 Å². The molecule has 5 aromatic carbocycles. The molecule has 4 nitrogen and oxygen atoms in total. The first kappa shape index (κ1) is 33.7. The van der Waals surface area contributed by atoms with E-state index < -0.39 is 43.1 Å². The summed E-state index contributed by atoms with van der Waals surface area (Å²) < 4.78 is 102. The number of benzene rings is 5. The molecule has 12 heteroatoms. The van der Waals surface area contributed by atoms with Crippen LogP contribution in [0.1, 0.15) is 22.9 Å². The molecular weight excluding hydrogens is 612 g/mol. The van der Waals surface area contributed by atoms with E-state index >= 15 is 0 Å². The molecule has 0 radical (unpaired) electrons. The number of carbonyl (C=O) groups is 1. The predicted octanol–water partition coefficient (Wildman–Crippen LogP) is 7.36. The van der Waals surface area contributed by atoms with Crippen molar-refractivity contribution in [1.82, 2.24) is 0 Å². The Hall–Kier alpha value is -4.22. The fourth-order valence-corrected chi connectivity index (χ4v) is 5.32. The number of hydrogen-bond acceptors (Lipinski definition) is 4. The van der Waals surface area contributed by atoms with Crippen molar-refractivity contribution in [2.24, 2.45) is 0 Å². The molecule has 0 aliphatic heterocycles. The Kier molecular flexibility index (Phi) is 10.7. The van der Waals surface area contributed by atoms with Crippen molar-refractivity contribution in [3.8, 4) is 34.5 Å². The summed E-state index contributed by atoms with van der Waals surface area (Å²) in [5.41, 5.74) is -6.26. The van der Waals surface area contributed by atoms with Gasteiger partial charge < -0.3 is 15.6 Å². The van der Waals surface area contributed by atoms with Crippen LogP contribution >= 0.6 is 8.58 Å². The first-order chi connectivity index (χ1) is 21.0. The maximum absolute atomic E-state index is 13.9. The van der Waals surface area contributed by atoms with Gasteiger partial charge >= 0.3 is 31.2 Å². The second kappa shape index (κ2) is 14.3. The second-order valence-corrected chi connectivity index (χ2v) is 10.4. The van der Waals surface area contributed by atoms with E-state index in [1.54, 1.807) is 91.0 Å². The fraction of sp³-hybridized carbons (Fsp3) is 0.0606. The smallest absolute Gasteiger partial charge is 1.00 e. The molecule has 0 amide bonds. The fourth-order valence-electron chi connectivity index (χ4n) is 4.21. The maximum atomic E-state index is 13.9. The zero-order valence-electron chi connectivity index (χ0n) is 24.4. The Morgan fingerprint density at radius 1 is 0.533 bits per heavy atom. The Morgan fingerprint density at radius 2 is 0.911 bits per heavy atom. The Labute approximate surface area is 269 Å². The van der Waals surface area contributed by atoms with E-state index in [-0.39, 0.29) is 42.8 Å². The van der Waals surface area contributed by atoms with Gasteiger partial charge in [-0.05, 0) is 57.1 Å². The zero-order chi connectivity index (χ0) is 31.3. The molecule has 0 N–H and O–H groups in total. The molecule has 0 saturated carbocycles. The Morgan fingerprint density at radius 3 is 1.29 bits per heavy atom. The molecule has 45 heavy (non-hydrogen) atoms. The largest absolute Gasteiger partial charge is 1.00 e. The van der Waals surface area contributed by atoms with E-state index in [0.29, 0.717) is 35.4 Å². The molecule has 5 aromatic rings. The quantitative estimate of drug-likeness (QED) is 0.0966. The molecule has 0 saturated heterocycles. The third-order valence-corrected chi connectivity index (χ3v) is 7.32. The van der Waals surface area contributed by atoms with Gasteiger partial charge in [0.25, 0.3) is 0 Å². The van der Waals surface area contributed by atoms with Crippen molar-refractivity contribution in [1.29, 1.82) is 0 Å². The van der Waals surface area contributed by atoms with Crippen LogP contribution in [0.4, 0.5) is 26.3 Å². The summed E-state index contributed by atoms with van der Waals surface area (Å²) in [4.78, 5) is 13.6. The summed E-state index contributed by atoms with van der Waals surface area (Å²) in [5, 5.41) is -0.0618. The van der Waals surface area contributed by atoms with Crippen molar-refractivity contribution in [2.75, 3.05) is 0 Å². The van der Waals surface area contributed by atoms with Gasteiger partial charge in [-0.3, -0.25) is 4.79 Å². The summed E-state index contributed by atoms with van der Waals surface area (Å²) >= 11 is 0. The number of hydrogen-bond donors (Lipinski definition) is 0. The van der Waals surface area contributed by atoms with Crippen LogP contribution in [0.15, 0.2) is 121 Å². The van der Waals surface area contributed by atoms with E-state index in [0.717, 1.165) is 0 Å². The molecule has 1 unspecified atom stereocenters. The van der Waals surface area contributed by atoms with Gasteiger partial charge in [0.15, 0.2) is 5.52 Å². The van der Waals surface area contributed by atoms with Crippen LogP contribution in [-0.2, 0) is 12.4 Å². The second-order valence-electron chi connectivity index (χ2n) is 9.22. The number of alkyl halides is 6. The standard InChI is InChI=1S/C33H21F6O4P.Li.H/c34-32(35,36)25-17-10-18-26(33(37,38)39)29(25)31(40)44-30-27(42-22-13-6-2-7-14-22)19-24(41-21-11-4-1-5-12-21)20-28(30)43-23-15-8-3-9-16-23;;/h1-20,44H;;/q;+1;-1. The molecule has 0 spiro atoms. The van der Waals surface area contributed by atoms with Gasteiger partial charge in [-0.1, -0.05) is 60.7 Å². The first-order valence-corrected chi connectivity index (χ1v) is 13.9. The van der Waals surface area contributed by atoms with Crippen LogP contribution in [0.25, 0.3) is 0 Å². The minimum absolute atomic E-state index is 0. The third kappa shape index (κ3) is 8.49. The van der Waals surface area contributed by atoms with Crippen molar-refractivity contribution in [3.63, 3.8) is 0 Å². The summed E-state index contributed by atoms with van der Waals surface area (Å²) in [6.45, 7) is 0. The van der Waals surface area contributed by atoms with E-state index in [4.69, 9.17) is 14.2 Å². The van der Waals surface area contributed by atoms with E-state index in [9.17, 15) is 31.1 Å². The molecule has 5 rings (SSSR count). The van der Waals surface area contributed by atoms with E-state index in [1.165, 1.54) is 12.1 Å². The van der Waals surface area contributed by atoms with Crippen LogP contribution in [0, 0.1) is 0 Å². The molecule has 0 aromatic heterocycles. The number of para-hydroxylation sites is 3.